The molecule has 3 aromatic carbocycles. The van der Waals surface area contributed by atoms with E-state index in [2.05, 4.69) is 109 Å². The first-order chi connectivity index (χ1) is 14.9. The lowest BCUT2D eigenvalue weighted by molar-refractivity contribution is -0.634. The van der Waals surface area contributed by atoms with Crippen molar-refractivity contribution in [1.29, 1.82) is 0 Å². The van der Waals surface area contributed by atoms with Gasteiger partial charge in [0.1, 0.15) is 7.05 Å². The van der Waals surface area contributed by atoms with Crippen LogP contribution >= 0.6 is 0 Å². The number of hydrogen-bond acceptors (Lipinski definition) is 0. The summed E-state index contributed by atoms with van der Waals surface area (Å²) in [5, 5.41) is 4.22. The van der Waals surface area contributed by atoms with Gasteiger partial charge in [0.2, 0.25) is 11.2 Å². The number of aromatic nitrogens is 1. The molecule has 0 atom stereocenters. The number of hydrogen-bond donors (Lipinski definition) is 0. The van der Waals surface area contributed by atoms with Crippen molar-refractivity contribution < 1.29 is 4.57 Å². The molecule has 1 aliphatic rings. The third kappa shape index (κ3) is 2.86. The Labute approximate surface area is 193 Å². The number of rotatable bonds is 1. The van der Waals surface area contributed by atoms with Crippen molar-refractivity contribution >= 4 is 21.7 Å². The van der Waals surface area contributed by atoms with Crippen molar-refractivity contribution in [2.24, 2.45) is 12.5 Å². The molecule has 0 N–H and O–H groups in total. The van der Waals surface area contributed by atoms with Gasteiger partial charge in [-0.05, 0) is 71.7 Å². The maximum Gasteiger partial charge on any atom is 0.218 e. The number of pyridine rings is 1. The lowest BCUT2D eigenvalue weighted by atomic mass is 9.65. The van der Waals surface area contributed by atoms with Crippen LogP contribution < -0.4 is 4.57 Å². The molecule has 0 aliphatic heterocycles. The molecule has 0 spiro atoms. The van der Waals surface area contributed by atoms with Gasteiger partial charge in [-0.15, -0.1) is 0 Å². The van der Waals surface area contributed by atoms with Crippen molar-refractivity contribution in [3.05, 3.63) is 75.8 Å². The number of nitrogens with zero attached hydrogens (tertiary/aromatic N) is 1. The summed E-state index contributed by atoms with van der Waals surface area (Å²) in [7, 11) is 2.27. The van der Waals surface area contributed by atoms with E-state index in [1.807, 2.05) is 0 Å². The SMILES string of the molecule is Cc1cc2c3c(c(C)c(C)cc3c1)-c1c(c(CC(C)(C)C)c3ccccc3[n+]1C)C2(C)C. The normalized spacial score (nSPS) is 14.8. The van der Waals surface area contributed by atoms with E-state index < -0.39 is 0 Å². The van der Waals surface area contributed by atoms with Crippen molar-refractivity contribution in [3.63, 3.8) is 0 Å². The first-order valence-corrected chi connectivity index (χ1v) is 11.9. The Morgan fingerprint density at radius 2 is 1.62 bits per heavy atom. The molecule has 164 valence electrons. The van der Waals surface area contributed by atoms with E-state index in [9.17, 15) is 0 Å². The molecule has 5 rings (SSSR count). The zero-order valence-electron chi connectivity index (χ0n) is 21.2. The van der Waals surface area contributed by atoms with Crippen molar-refractivity contribution in [1.82, 2.24) is 0 Å². The van der Waals surface area contributed by atoms with Crippen LogP contribution in [0.4, 0.5) is 0 Å². The third-order valence-electron chi connectivity index (χ3n) is 7.61. The lowest BCUT2D eigenvalue weighted by Crippen LogP contribution is -2.40. The highest BCUT2D eigenvalue weighted by Crippen LogP contribution is 2.52. The fourth-order valence-electron chi connectivity index (χ4n) is 6.12. The van der Waals surface area contributed by atoms with E-state index in [4.69, 9.17) is 0 Å². The minimum atomic E-state index is -0.0727. The molecule has 1 aromatic heterocycles. The molecule has 1 aliphatic carbocycles. The van der Waals surface area contributed by atoms with Crippen LogP contribution in [0.5, 0.6) is 0 Å². The lowest BCUT2D eigenvalue weighted by Gasteiger charge is -2.37. The molecule has 1 heteroatoms. The smallest absolute Gasteiger partial charge is 0.194 e. The summed E-state index contributed by atoms with van der Waals surface area (Å²) in [6, 6.07) is 16.2. The predicted octanol–water partition coefficient (Wildman–Crippen LogP) is 7.64. The maximum atomic E-state index is 2.47. The summed E-state index contributed by atoms with van der Waals surface area (Å²) in [5.41, 5.74) is 13.0. The van der Waals surface area contributed by atoms with E-state index in [-0.39, 0.29) is 10.8 Å². The fraction of sp³-hybridized carbons (Fsp3) is 0.387. The highest BCUT2D eigenvalue weighted by Gasteiger charge is 2.43. The van der Waals surface area contributed by atoms with Crippen LogP contribution in [0.25, 0.3) is 32.9 Å². The molecule has 0 bridgehead atoms. The zero-order chi connectivity index (χ0) is 23.2. The Bertz CT molecular complexity index is 1430. The number of benzene rings is 3. The van der Waals surface area contributed by atoms with E-state index in [0.717, 1.165) is 6.42 Å². The van der Waals surface area contributed by atoms with Crippen LogP contribution in [0.15, 0.2) is 42.5 Å². The number of aryl methyl sites for hydroxylation is 3. The van der Waals surface area contributed by atoms with Crippen LogP contribution in [-0.2, 0) is 18.9 Å². The average molecular weight is 423 g/mol. The molecule has 1 nitrogen and oxygen atoms in total. The minimum absolute atomic E-state index is 0.0727. The van der Waals surface area contributed by atoms with Gasteiger partial charge in [-0.2, -0.15) is 4.57 Å². The topological polar surface area (TPSA) is 3.88 Å². The van der Waals surface area contributed by atoms with Crippen molar-refractivity contribution in [2.45, 2.75) is 67.2 Å². The number of para-hydroxylation sites is 1. The van der Waals surface area contributed by atoms with Gasteiger partial charge in [0.15, 0.2) is 0 Å². The van der Waals surface area contributed by atoms with E-state index in [1.54, 1.807) is 0 Å². The summed E-state index contributed by atoms with van der Waals surface area (Å²) in [6.07, 6.45) is 1.06. The van der Waals surface area contributed by atoms with Gasteiger partial charge in [0, 0.05) is 22.4 Å². The molecule has 0 unspecified atom stereocenters. The molecule has 0 amide bonds. The average Bonchev–Trinajstić information content (AvgIpc) is 2.69. The molecule has 0 saturated carbocycles. The van der Waals surface area contributed by atoms with Gasteiger partial charge in [-0.3, -0.25) is 0 Å². The van der Waals surface area contributed by atoms with Gasteiger partial charge >= 0.3 is 0 Å². The highest BCUT2D eigenvalue weighted by molar-refractivity contribution is 6.05. The van der Waals surface area contributed by atoms with E-state index in [0.29, 0.717) is 0 Å². The Morgan fingerprint density at radius 3 is 2.31 bits per heavy atom. The molecular formula is C31H36N+. The summed E-state index contributed by atoms with van der Waals surface area (Å²) in [5.74, 6) is 0. The van der Waals surface area contributed by atoms with Gasteiger partial charge in [-0.25, -0.2) is 0 Å². The summed E-state index contributed by atoms with van der Waals surface area (Å²) in [6.45, 7) is 18.8. The molecule has 0 saturated heterocycles. The Kier molecular flexibility index (Phi) is 4.42. The quantitative estimate of drug-likeness (QED) is 0.278. The molecule has 1 heterocycles. The van der Waals surface area contributed by atoms with Crippen LogP contribution in [0, 0.1) is 26.2 Å². The van der Waals surface area contributed by atoms with Crippen LogP contribution in [0.1, 0.15) is 68.0 Å². The van der Waals surface area contributed by atoms with E-state index in [1.165, 1.54) is 66.3 Å². The van der Waals surface area contributed by atoms with Gasteiger partial charge in [0.05, 0.1) is 5.56 Å². The van der Waals surface area contributed by atoms with E-state index >= 15 is 0 Å². The van der Waals surface area contributed by atoms with Gasteiger partial charge in [-0.1, -0.05) is 70.5 Å². The molecule has 0 radical (unpaired) electrons. The minimum Gasteiger partial charge on any atom is -0.194 e. The van der Waals surface area contributed by atoms with Crippen LogP contribution in [0.2, 0.25) is 0 Å². The first kappa shape index (κ1) is 21.2. The second kappa shape index (κ2) is 6.67. The maximum absolute atomic E-state index is 2.47. The molecule has 32 heavy (non-hydrogen) atoms. The van der Waals surface area contributed by atoms with Crippen molar-refractivity contribution in [2.75, 3.05) is 0 Å². The molecule has 4 aromatic rings. The number of fused-ring (bicyclic) bond motifs is 3. The fourth-order valence-corrected chi connectivity index (χ4v) is 6.12. The Hall–Kier alpha value is -2.67. The molecular weight excluding hydrogens is 386 g/mol. The second-order valence-corrected chi connectivity index (χ2v) is 11.7. The summed E-state index contributed by atoms with van der Waals surface area (Å²) >= 11 is 0. The largest absolute Gasteiger partial charge is 0.218 e. The van der Waals surface area contributed by atoms with Gasteiger partial charge < -0.3 is 0 Å². The molecule has 0 fully saturated rings. The standard InChI is InChI=1S/C31H36N/c1-18-14-21-16-19(2)20(3)26-27(21)24(15-18)31(7,8)28-23(17-30(4,5)6)22-12-10-11-13-25(22)32(9)29(26)28/h10-16H,17H2,1-9H3/q+1. The second-order valence-electron chi connectivity index (χ2n) is 11.7. The predicted molar refractivity (Wildman–Crippen MR) is 138 cm³/mol. The zero-order valence-corrected chi connectivity index (χ0v) is 21.2. The Morgan fingerprint density at radius 1 is 0.938 bits per heavy atom. The Balaban J connectivity index is 2.10. The highest BCUT2D eigenvalue weighted by atomic mass is 14.9. The van der Waals surface area contributed by atoms with Crippen molar-refractivity contribution in [3.8, 4) is 11.3 Å². The monoisotopic (exact) mass is 422 g/mol. The van der Waals surface area contributed by atoms with Crippen LogP contribution in [-0.4, -0.2) is 0 Å². The summed E-state index contributed by atoms with van der Waals surface area (Å²) in [4.78, 5) is 0. The van der Waals surface area contributed by atoms with Gasteiger partial charge in [0.25, 0.3) is 0 Å². The summed E-state index contributed by atoms with van der Waals surface area (Å²) < 4.78 is 2.47. The van der Waals surface area contributed by atoms with Crippen LogP contribution in [0.3, 0.4) is 0 Å². The first-order valence-electron chi connectivity index (χ1n) is 11.9. The third-order valence-corrected chi connectivity index (χ3v) is 7.61.